The van der Waals surface area contributed by atoms with E-state index in [1.54, 1.807) is 6.07 Å². The first-order chi connectivity index (χ1) is 10.2. The topological polar surface area (TPSA) is 36.7 Å². The first kappa shape index (κ1) is 14.2. The molecule has 1 amide bonds. The van der Waals surface area contributed by atoms with Crippen LogP contribution < -0.4 is 0 Å². The van der Waals surface area contributed by atoms with E-state index in [4.69, 9.17) is 16.0 Å². The molecule has 21 heavy (non-hydrogen) atoms. The molecule has 1 aromatic carbocycles. The monoisotopic (exact) mass is 304 g/mol. The number of furan rings is 1. The van der Waals surface area contributed by atoms with Crippen molar-refractivity contribution in [2.24, 2.45) is 0 Å². The summed E-state index contributed by atoms with van der Waals surface area (Å²) in [5.41, 5.74) is 1.83. The second-order valence-corrected chi connectivity index (χ2v) is 5.65. The molecule has 110 valence electrons. The van der Waals surface area contributed by atoms with Crippen molar-refractivity contribution in [3.63, 3.8) is 0 Å². The van der Waals surface area contributed by atoms with E-state index in [1.165, 1.54) is 18.1 Å². The largest absolute Gasteiger partial charge is 0.472 e. The number of hydrogen-bond donors (Lipinski definition) is 0. The van der Waals surface area contributed by atoms with Gasteiger partial charge in [0, 0.05) is 37.7 Å². The summed E-state index contributed by atoms with van der Waals surface area (Å²) in [6.45, 7) is 4.09. The first-order valence-electron chi connectivity index (χ1n) is 7.00. The van der Waals surface area contributed by atoms with Crippen LogP contribution in [-0.4, -0.2) is 41.9 Å². The molecule has 0 unspecified atom stereocenters. The first-order valence-corrected chi connectivity index (χ1v) is 7.38. The van der Waals surface area contributed by atoms with Gasteiger partial charge in [0.1, 0.15) is 6.26 Å². The maximum Gasteiger partial charge on any atom is 0.257 e. The summed E-state index contributed by atoms with van der Waals surface area (Å²) >= 11 is 6.00. The van der Waals surface area contributed by atoms with Gasteiger partial charge in [-0.3, -0.25) is 9.69 Å². The van der Waals surface area contributed by atoms with Crippen LogP contribution in [0, 0.1) is 0 Å². The standard InChI is InChI=1S/C16H17ClN2O2/c17-15-3-1-2-13(10-15)11-18-5-7-19(8-6-18)16(20)14-4-9-21-12-14/h1-4,9-10,12H,5-8,11H2. The number of hydrogen-bond acceptors (Lipinski definition) is 3. The third-order valence-corrected chi connectivity index (χ3v) is 3.96. The van der Waals surface area contributed by atoms with Gasteiger partial charge in [0.25, 0.3) is 5.91 Å². The van der Waals surface area contributed by atoms with Gasteiger partial charge in [-0.15, -0.1) is 0 Å². The van der Waals surface area contributed by atoms with Crippen LogP contribution in [0.25, 0.3) is 0 Å². The summed E-state index contributed by atoms with van der Waals surface area (Å²) in [5, 5.41) is 0.765. The molecule has 1 aliphatic rings. The van der Waals surface area contributed by atoms with Crippen LogP contribution in [0.15, 0.2) is 47.3 Å². The van der Waals surface area contributed by atoms with Gasteiger partial charge in [0.05, 0.1) is 11.8 Å². The van der Waals surface area contributed by atoms with E-state index < -0.39 is 0 Å². The lowest BCUT2D eigenvalue weighted by Crippen LogP contribution is -2.48. The molecule has 1 aliphatic heterocycles. The van der Waals surface area contributed by atoms with Crippen molar-refractivity contribution in [2.45, 2.75) is 6.54 Å². The highest BCUT2D eigenvalue weighted by molar-refractivity contribution is 6.30. The van der Waals surface area contributed by atoms with Crippen molar-refractivity contribution < 1.29 is 9.21 Å². The molecule has 0 aliphatic carbocycles. The Hall–Kier alpha value is -1.78. The van der Waals surface area contributed by atoms with E-state index in [9.17, 15) is 4.79 Å². The summed E-state index contributed by atoms with van der Waals surface area (Å²) in [6, 6.07) is 9.63. The summed E-state index contributed by atoms with van der Waals surface area (Å²) in [4.78, 5) is 16.4. The number of amides is 1. The van der Waals surface area contributed by atoms with Crippen LogP contribution in [0.1, 0.15) is 15.9 Å². The van der Waals surface area contributed by atoms with Crippen LogP contribution in [-0.2, 0) is 6.54 Å². The third-order valence-electron chi connectivity index (χ3n) is 3.72. The van der Waals surface area contributed by atoms with Gasteiger partial charge in [-0.25, -0.2) is 0 Å². The maximum absolute atomic E-state index is 12.2. The van der Waals surface area contributed by atoms with Crippen LogP contribution >= 0.6 is 11.6 Å². The van der Waals surface area contributed by atoms with Crippen molar-refractivity contribution in [1.29, 1.82) is 0 Å². The highest BCUT2D eigenvalue weighted by Crippen LogP contribution is 2.15. The molecular formula is C16H17ClN2O2. The molecular weight excluding hydrogens is 288 g/mol. The van der Waals surface area contributed by atoms with Crippen molar-refractivity contribution in [3.8, 4) is 0 Å². The van der Waals surface area contributed by atoms with E-state index in [2.05, 4.69) is 11.0 Å². The van der Waals surface area contributed by atoms with Crippen molar-refractivity contribution >= 4 is 17.5 Å². The van der Waals surface area contributed by atoms with E-state index in [0.717, 1.165) is 37.7 Å². The summed E-state index contributed by atoms with van der Waals surface area (Å²) in [6.07, 6.45) is 3.03. The second-order valence-electron chi connectivity index (χ2n) is 5.21. The van der Waals surface area contributed by atoms with Crippen LogP contribution in [0.2, 0.25) is 5.02 Å². The van der Waals surface area contributed by atoms with Crippen LogP contribution in [0.4, 0.5) is 0 Å². The van der Waals surface area contributed by atoms with Gasteiger partial charge in [-0.05, 0) is 23.8 Å². The number of benzene rings is 1. The molecule has 0 atom stereocenters. The lowest BCUT2D eigenvalue weighted by molar-refractivity contribution is 0.0628. The second kappa shape index (κ2) is 6.33. The maximum atomic E-state index is 12.2. The average Bonchev–Trinajstić information content (AvgIpc) is 3.01. The SMILES string of the molecule is O=C(c1ccoc1)N1CCN(Cc2cccc(Cl)c2)CC1. The van der Waals surface area contributed by atoms with Crippen molar-refractivity contribution in [1.82, 2.24) is 9.80 Å². The Morgan fingerprint density at radius 1 is 1.19 bits per heavy atom. The van der Waals surface area contributed by atoms with Gasteiger partial charge in [-0.2, -0.15) is 0 Å². The fraction of sp³-hybridized carbons (Fsp3) is 0.312. The fourth-order valence-corrected chi connectivity index (χ4v) is 2.78. The molecule has 0 spiro atoms. The Kier molecular flexibility index (Phi) is 4.27. The molecule has 3 rings (SSSR count). The number of rotatable bonds is 3. The Balaban J connectivity index is 1.54. The predicted molar refractivity (Wildman–Crippen MR) is 81.3 cm³/mol. The number of carbonyl (C=O) groups excluding carboxylic acids is 1. The van der Waals surface area contributed by atoms with Crippen molar-refractivity contribution in [2.75, 3.05) is 26.2 Å². The average molecular weight is 305 g/mol. The minimum absolute atomic E-state index is 0.0474. The van der Waals surface area contributed by atoms with Crippen LogP contribution in [0.3, 0.4) is 0 Å². The van der Waals surface area contributed by atoms with Gasteiger partial charge < -0.3 is 9.32 Å². The Morgan fingerprint density at radius 2 is 2.00 bits per heavy atom. The molecule has 1 fully saturated rings. The molecule has 0 N–H and O–H groups in total. The zero-order valence-electron chi connectivity index (χ0n) is 11.7. The zero-order chi connectivity index (χ0) is 14.7. The molecule has 0 bridgehead atoms. The number of halogens is 1. The minimum Gasteiger partial charge on any atom is -0.472 e. The summed E-state index contributed by atoms with van der Waals surface area (Å²) < 4.78 is 4.97. The van der Waals surface area contributed by atoms with E-state index in [0.29, 0.717) is 5.56 Å². The number of piperazine rings is 1. The third kappa shape index (κ3) is 3.46. The molecule has 5 heteroatoms. The molecule has 2 heterocycles. The van der Waals surface area contributed by atoms with Crippen LogP contribution in [0.5, 0.6) is 0 Å². The molecule has 0 saturated carbocycles. The lowest BCUT2D eigenvalue weighted by atomic mass is 10.2. The zero-order valence-corrected chi connectivity index (χ0v) is 12.4. The molecule has 4 nitrogen and oxygen atoms in total. The Morgan fingerprint density at radius 3 is 2.67 bits per heavy atom. The highest BCUT2D eigenvalue weighted by atomic mass is 35.5. The Labute approximate surface area is 128 Å². The molecule has 1 aromatic heterocycles. The highest BCUT2D eigenvalue weighted by Gasteiger charge is 2.22. The van der Waals surface area contributed by atoms with E-state index >= 15 is 0 Å². The number of carbonyl (C=O) groups is 1. The Bertz CT molecular complexity index is 604. The van der Waals surface area contributed by atoms with E-state index in [1.807, 2.05) is 23.1 Å². The fourth-order valence-electron chi connectivity index (χ4n) is 2.57. The summed E-state index contributed by atoms with van der Waals surface area (Å²) in [7, 11) is 0. The lowest BCUT2D eigenvalue weighted by Gasteiger charge is -2.34. The molecule has 0 radical (unpaired) electrons. The number of nitrogens with zero attached hydrogens (tertiary/aromatic N) is 2. The van der Waals surface area contributed by atoms with E-state index in [-0.39, 0.29) is 5.91 Å². The van der Waals surface area contributed by atoms with Gasteiger partial charge in [0.15, 0.2) is 0 Å². The molecule has 2 aromatic rings. The van der Waals surface area contributed by atoms with Gasteiger partial charge in [-0.1, -0.05) is 23.7 Å². The smallest absolute Gasteiger partial charge is 0.257 e. The molecule has 1 saturated heterocycles. The minimum atomic E-state index is 0.0474. The van der Waals surface area contributed by atoms with Gasteiger partial charge in [0.2, 0.25) is 0 Å². The normalized spacial score (nSPS) is 16.1. The van der Waals surface area contributed by atoms with Crippen molar-refractivity contribution in [3.05, 3.63) is 59.0 Å². The summed E-state index contributed by atoms with van der Waals surface area (Å²) in [5.74, 6) is 0.0474. The predicted octanol–water partition coefficient (Wildman–Crippen LogP) is 2.89. The quantitative estimate of drug-likeness (QED) is 0.875. The van der Waals surface area contributed by atoms with Gasteiger partial charge >= 0.3 is 0 Å².